The molecular weight excluding hydrogens is 409 g/mol. The van der Waals surface area contributed by atoms with E-state index < -0.39 is 5.82 Å². The topological polar surface area (TPSA) is 101 Å². The van der Waals surface area contributed by atoms with Gasteiger partial charge in [0.2, 0.25) is 5.91 Å². The molecule has 30 heavy (non-hydrogen) atoms. The molecule has 0 radical (unpaired) electrons. The van der Waals surface area contributed by atoms with Crippen molar-refractivity contribution < 1.29 is 13.9 Å². The van der Waals surface area contributed by atoms with Crippen molar-refractivity contribution in [2.75, 3.05) is 18.2 Å². The molecular formula is C20H16FN5O3S. The Labute approximate surface area is 174 Å². The van der Waals surface area contributed by atoms with Crippen LogP contribution in [0.1, 0.15) is 0 Å². The standard InChI is InChI=1S/C20H16FN5O3S/c1-29-13-8-6-12(7-9-13)22-18(28)11-30-20-24-19(14-4-2-3-5-15(14)21)23-16-10-17(27)25-26(16)20/h2-10H,11H2,1H3,(H,22,28)(H,25,27). The lowest BCUT2D eigenvalue weighted by molar-refractivity contribution is -0.113. The number of rotatable bonds is 6. The first kappa shape index (κ1) is 19.6. The van der Waals surface area contributed by atoms with Gasteiger partial charge in [0.15, 0.2) is 16.6 Å². The second-order valence-corrected chi connectivity index (χ2v) is 7.13. The number of methoxy groups -OCH3 is 1. The molecule has 0 saturated carbocycles. The number of hydrogen-bond donors (Lipinski definition) is 2. The second kappa shape index (κ2) is 8.37. The Balaban J connectivity index is 1.57. The number of carbonyl (C=O) groups excluding carboxylic acids is 1. The number of H-pyrrole nitrogens is 1. The number of aromatic nitrogens is 4. The molecule has 0 saturated heterocycles. The quantitative estimate of drug-likeness (QED) is 0.461. The summed E-state index contributed by atoms with van der Waals surface area (Å²) in [5, 5.41) is 5.67. The summed E-state index contributed by atoms with van der Waals surface area (Å²) in [6.45, 7) is 0. The van der Waals surface area contributed by atoms with Crippen molar-refractivity contribution in [3.63, 3.8) is 0 Å². The van der Waals surface area contributed by atoms with E-state index in [9.17, 15) is 14.0 Å². The van der Waals surface area contributed by atoms with Crippen LogP contribution >= 0.6 is 11.8 Å². The van der Waals surface area contributed by atoms with E-state index in [1.165, 1.54) is 16.6 Å². The van der Waals surface area contributed by atoms with Gasteiger partial charge in [-0.3, -0.25) is 14.7 Å². The summed E-state index contributed by atoms with van der Waals surface area (Å²) in [6, 6.07) is 14.3. The zero-order chi connectivity index (χ0) is 21.1. The molecule has 0 fully saturated rings. The molecule has 0 atom stereocenters. The summed E-state index contributed by atoms with van der Waals surface area (Å²) in [7, 11) is 1.56. The maximum atomic E-state index is 14.2. The van der Waals surface area contributed by atoms with Gasteiger partial charge in [0, 0.05) is 11.8 Å². The third-order valence-electron chi connectivity index (χ3n) is 4.15. The minimum Gasteiger partial charge on any atom is -0.497 e. The fourth-order valence-corrected chi connectivity index (χ4v) is 3.50. The van der Waals surface area contributed by atoms with E-state index in [2.05, 4.69) is 20.4 Å². The lowest BCUT2D eigenvalue weighted by atomic mass is 10.2. The number of fused-ring (bicyclic) bond motifs is 1. The highest BCUT2D eigenvalue weighted by atomic mass is 32.2. The van der Waals surface area contributed by atoms with Gasteiger partial charge in [0.05, 0.1) is 18.4 Å². The van der Waals surface area contributed by atoms with Gasteiger partial charge in [-0.2, -0.15) is 0 Å². The van der Waals surface area contributed by atoms with E-state index in [0.717, 1.165) is 11.8 Å². The van der Waals surface area contributed by atoms with Crippen LogP contribution in [-0.4, -0.2) is 38.4 Å². The summed E-state index contributed by atoms with van der Waals surface area (Å²) in [4.78, 5) is 32.7. The van der Waals surface area contributed by atoms with Gasteiger partial charge in [-0.25, -0.2) is 18.9 Å². The molecule has 1 amide bonds. The Bertz CT molecular complexity index is 1270. The largest absolute Gasteiger partial charge is 0.497 e. The number of nitrogens with one attached hydrogen (secondary N) is 2. The highest BCUT2D eigenvalue weighted by Gasteiger charge is 2.15. The highest BCUT2D eigenvalue weighted by molar-refractivity contribution is 7.99. The molecule has 2 aromatic carbocycles. The second-order valence-electron chi connectivity index (χ2n) is 6.19. The number of thioether (sulfide) groups is 1. The average molecular weight is 425 g/mol. The average Bonchev–Trinajstić information content (AvgIpc) is 3.13. The first-order valence-corrected chi connectivity index (χ1v) is 9.83. The Hall–Kier alpha value is -3.66. The number of anilines is 1. The smallest absolute Gasteiger partial charge is 0.266 e. The van der Waals surface area contributed by atoms with E-state index >= 15 is 0 Å². The van der Waals surface area contributed by atoms with Crippen molar-refractivity contribution in [1.82, 2.24) is 19.6 Å². The number of benzene rings is 2. The zero-order valence-corrected chi connectivity index (χ0v) is 16.6. The molecule has 0 spiro atoms. The van der Waals surface area contributed by atoms with E-state index in [1.807, 2.05) is 0 Å². The first-order chi connectivity index (χ1) is 14.5. The maximum absolute atomic E-state index is 14.2. The van der Waals surface area contributed by atoms with Gasteiger partial charge in [0.1, 0.15) is 11.6 Å². The minimum absolute atomic E-state index is 0.0229. The molecule has 4 rings (SSSR count). The third kappa shape index (κ3) is 4.18. The summed E-state index contributed by atoms with van der Waals surface area (Å²) in [6.07, 6.45) is 0. The van der Waals surface area contributed by atoms with Crippen molar-refractivity contribution in [3.8, 4) is 17.1 Å². The van der Waals surface area contributed by atoms with Crippen LogP contribution in [0, 0.1) is 5.82 Å². The van der Waals surface area contributed by atoms with Crippen LogP contribution in [-0.2, 0) is 4.79 Å². The molecule has 0 aliphatic carbocycles. The molecule has 0 unspecified atom stereocenters. The number of hydrogen-bond acceptors (Lipinski definition) is 6. The normalized spacial score (nSPS) is 10.9. The predicted molar refractivity (Wildman–Crippen MR) is 111 cm³/mol. The van der Waals surface area contributed by atoms with Crippen LogP contribution in [0.3, 0.4) is 0 Å². The molecule has 8 nitrogen and oxygen atoms in total. The van der Waals surface area contributed by atoms with Gasteiger partial charge in [-0.15, -0.1) is 0 Å². The van der Waals surface area contributed by atoms with Crippen molar-refractivity contribution in [2.45, 2.75) is 5.16 Å². The van der Waals surface area contributed by atoms with Gasteiger partial charge in [0.25, 0.3) is 5.56 Å². The summed E-state index contributed by atoms with van der Waals surface area (Å²) >= 11 is 1.10. The fraction of sp³-hybridized carbons (Fsp3) is 0.100. The molecule has 2 heterocycles. The summed E-state index contributed by atoms with van der Waals surface area (Å²) in [5.74, 6) is 0.0923. The van der Waals surface area contributed by atoms with Gasteiger partial charge in [-0.1, -0.05) is 23.9 Å². The Morgan fingerprint density at radius 1 is 1.20 bits per heavy atom. The van der Waals surface area contributed by atoms with E-state index in [-0.39, 0.29) is 34.3 Å². The van der Waals surface area contributed by atoms with Crippen LogP contribution in [0.25, 0.3) is 17.0 Å². The lowest BCUT2D eigenvalue weighted by Crippen LogP contribution is -2.15. The van der Waals surface area contributed by atoms with Crippen LogP contribution in [0.5, 0.6) is 5.75 Å². The Morgan fingerprint density at radius 3 is 2.70 bits per heavy atom. The number of carbonyl (C=O) groups is 1. The Kier molecular flexibility index (Phi) is 5.48. The molecule has 2 N–H and O–H groups in total. The zero-order valence-electron chi connectivity index (χ0n) is 15.8. The summed E-state index contributed by atoms with van der Waals surface area (Å²) in [5.41, 5.74) is 0.736. The van der Waals surface area contributed by atoms with E-state index in [1.54, 1.807) is 49.6 Å². The molecule has 0 aliphatic rings. The number of amides is 1. The van der Waals surface area contributed by atoms with E-state index in [0.29, 0.717) is 16.6 Å². The van der Waals surface area contributed by atoms with Crippen molar-refractivity contribution >= 4 is 29.0 Å². The number of halogens is 1. The van der Waals surface area contributed by atoms with E-state index in [4.69, 9.17) is 4.74 Å². The molecule has 10 heteroatoms. The highest BCUT2D eigenvalue weighted by Crippen LogP contribution is 2.23. The van der Waals surface area contributed by atoms with Crippen molar-refractivity contribution in [2.24, 2.45) is 0 Å². The molecule has 0 aliphatic heterocycles. The molecule has 4 aromatic rings. The van der Waals surface area contributed by atoms with Crippen molar-refractivity contribution in [3.05, 3.63) is 70.8 Å². The Morgan fingerprint density at radius 2 is 1.97 bits per heavy atom. The number of ether oxygens (including phenoxy) is 1. The first-order valence-electron chi connectivity index (χ1n) is 8.85. The molecule has 152 valence electrons. The maximum Gasteiger partial charge on any atom is 0.266 e. The summed E-state index contributed by atoms with van der Waals surface area (Å²) < 4.78 is 20.6. The van der Waals surface area contributed by atoms with Crippen molar-refractivity contribution in [1.29, 1.82) is 0 Å². The van der Waals surface area contributed by atoms with Gasteiger partial charge < -0.3 is 10.1 Å². The molecule has 0 bridgehead atoms. The van der Waals surface area contributed by atoms with Gasteiger partial charge >= 0.3 is 0 Å². The van der Waals surface area contributed by atoms with Crippen LogP contribution < -0.4 is 15.6 Å². The van der Waals surface area contributed by atoms with Crippen LogP contribution in [0.15, 0.2) is 64.5 Å². The fourth-order valence-electron chi connectivity index (χ4n) is 2.75. The molecule has 2 aromatic heterocycles. The number of nitrogens with zero attached hydrogens (tertiary/aromatic N) is 3. The SMILES string of the molecule is COc1ccc(NC(=O)CSc2nc(-c3ccccc3F)nc3cc(=O)[nH]n23)cc1. The predicted octanol–water partition coefficient (Wildman–Crippen LogP) is 2.96. The minimum atomic E-state index is -0.479. The number of aromatic amines is 1. The lowest BCUT2D eigenvalue weighted by Gasteiger charge is -2.09. The van der Waals surface area contributed by atoms with Crippen LogP contribution in [0.2, 0.25) is 0 Å². The van der Waals surface area contributed by atoms with Gasteiger partial charge in [-0.05, 0) is 36.4 Å². The monoisotopic (exact) mass is 425 g/mol. The third-order valence-corrected chi connectivity index (χ3v) is 5.08. The van der Waals surface area contributed by atoms with Crippen LogP contribution in [0.4, 0.5) is 10.1 Å².